The fourth-order valence-corrected chi connectivity index (χ4v) is 6.04. The van der Waals surface area contributed by atoms with Crippen molar-refractivity contribution in [2.75, 3.05) is 0 Å². The molecule has 0 unspecified atom stereocenters. The number of benzene rings is 4. The molecule has 228 valence electrons. The quantitative estimate of drug-likeness (QED) is 0.197. The first-order chi connectivity index (χ1) is 22.0. The Kier molecular flexibility index (Phi) is 7.24. The second-order valence-corrected chi connectivity index (χ2v) is 14.1. The van der Waals surface area contributed by atoms with Crippen LogP contribution < -0.4 is 4.74 Å². The van der Waals surface area contributed by atoms with Gasteiger partial charge in [0.25, 0.3) is 0 Å². The predicted molar refractivity (Wildman–Crippen MR) is 191 cm³/mol. The van der Waals surface area contributed by atoms with E-state index in [0.717, 1.165) is 50.6 Å². The molecule has 7 rings (SSSR count). The number of para-hydroxylation sites is 1. The fraction of sp³-hybridized carbons (Fsp3) is 0.190. The second-order valence-electron chi connectivity index (χ2n) is 14.1. The third-order valence-corrected chi connectivity index (χ3v) is 8.66. The minimum atomic E-state index is -0.0781. The van der Waals surface area contributed by atoms with Crippen LogP contribution in [0.5, 0.6) is 11.5 Å². The summed E-state index contributed by atoms with van der Waals surface area (Å²) in [5, 5.41) is 2.35. The number of fused-ring (bicyclic) bond motifs is 3. The molecule has 0 N–H and O–H groups in total. The van der Waals surface area contributed by atoms with Crippen LogP contribution >= 0.6 is 0 Å². The van der Waals surface area contributed by atoms with Gasteiger partial charge in [0.05, 0.1) is 16.7 Å². The van der Waals surface area contributed by atoms with Crippen LogP contribution in [0.15, 0.2) is 128 Å². The minimum absolute atomic E-state index is 0.00989. The van der Waals surface area contributed by atoms with Crippen molar-refractivity contribution in [2.24, 2.45) is 0 Å². The molecule has 4 aromatic carbocycles. The molecule has 0 saturated carbocycles. The number of hydrogen-bond donors (Lipinski definition) is 0. The summed E-state index contributed by atoms with van der Waals surface area (Å²) in [4.78, 5) is 9.61. The highest BCUT2D eigenvalue weighted by Gasteiger charge is 2.20. The van der Waals surface area contributed by atoms with Gasteiger partial charge >= 0.3 is 0 Å². The van der Waals surface area contributed by atoms with Crippen LogP contribution in [0.25, 0.3) is 50.0 Å². The van der Waals surface area contributed by atoms with E-state index in [1.165, 1.54) is 22.1 Å². The number of ether oxygens (including phenoxy) is 1. The van der Waals surface area contributed by atoms with E-state index in [9.17, 15) is 0 Å². The summed E-state index contributed by atoms with van der Waals surface area (Å²) in [6.07, 6.45) is 3.80. The number of hydrogen-bond acceptors (Lipinski definition) is 3. The summed E-state index contributed by atoms with van der Waals surface area (Å²) in [5.41, 5.74) is 8.78. The maximum absolute atomic E-state index is 6.70. The Labute approximate surface area is 271 Å². The second kappa shape index (κ2) is 11.3. The van der Waals surface area contributed by atoms with E-state index in [1.807, 2.05) is 18.5 Å². The van der Waals surface area contributed by atoms with E-state index in [-0.39, 0.29) is 10.8 Å². The van der Waals surface area contributed by atoms with Crippen LogP contribution in [0.4, 0.5) is 0 Å². The van der Waals surface area contributed by atoms with Crippen LogP contribution in [0.2, 0.25) is 0 Å². The van der Waals surface area contributed by atoms with Gasteiger partial charge in [0, 0.05) is 34.8 Å². The van der Waals surface area contributed by atoms with Gasteiger partial charge in [-0.3, -0.25) is 9.55 Å². The molecule has 0 bridgehead atoms. The largest absolute Gasteiger partial charge is 0.457 e. The minimum Gasteiger partial charge on any atom is -0.457 e. The Bertz CT molecular complexity index is 2200. The van der Waals surface area contributed by atoms with Crippen molar-refractivity contribution in [3.05, 3.63) is 139 Å². The fourth-order valence-electron chi connectivity index (χ4n) is 6.04. The summed E-state index contributed by atoms with van der Waals surface area (Å²) in [7, 11) is 0. The van der Waals surface area contributed by atoms with Gasteiger partial charge in [-0.15, -0.1) is 0 Å². The third kappa shape index (κ3) is 5.67. The molecule has 0 radical (unpaired) electrons. The molecule has 0 spiro atoms. The first-order valence-electron chi connectivity index (χ1n) is 15.9. The molecule has 0 aliphatic rings. The van der Waals surface area contributed by atoms with Crippen molar-refractivity contribution in [1.82, 2.24) is 14.5 Å². The molecule has 0 saturated heterocycles. The van der Waals surface area contributed by atoms with Gasteiger partial charge < -0.3 is 4.74 Å². The van der Waals surface area contributed by atoms with Crippen molar-refractivity contribution < 1.29 is 4.74 Å². The molecule has 0 amide bonds. The summed E-state index contributed by atoms with van der Waals surface area (Å²) in [5.74, 6) is 2.45. The molecular weight excluding hydrogens is 562 g/mol. The maximum atomic E-state index is 6.70. The van der Waals surface area contributed by atoms with Gasteiger partial charge in [0.2, 0.25) is 0 Å². The van der Waals surface area contributed by atoms with Crippen molar-refractivity contribution in [2.45, 2.75) is 52.4 Å². The highest BCUT2D eigenvalue weighted by molar-refractivity contribution is 6.09. The van der Waals surface area contributed by atoms with E-state index >= 15 is 0 Å². The molecule has 7 aromatic rings. The lowest BCUT2D eigenvalue weighted by Crippen LogP contribution is -2.12. The highest BCUT2D eigenvalue weighted by Crippen LogP contribution is 2.38. The molecule has 0 aliphatic heterocycles. The first-order valence-corrected chi connectivity index (χ1v) is 15.9. The van der Waals surface area contributed by atoms with Gasteiger partial charge in [-0.25, -0.2) is 4.98 Å². The summed E-state index contributed by atoms with van der Waals surface area (Å²) in [6.45, 7) is 13.4. The Hall–Kier alpha value is -5.22. The molecule has 0 fully saturated rings. The molecule has 3 heterocycles. The number of aromatic nitrogens is 3. The summed E-state index contributed by atoms with van der Waals surface area (Å²) < 4.78 is 8.96. The average Bonchev–Trinajstić information content (AvgIpc) is 3.38. The zero-order valence-electron chi connectivity index (χ0n) is 27.4. The van der Waals surface area contributed by atoms with Crippen LogP contribution in [0.3, 0.4) is 0 Å². The van der Waals surface area contributed by atoms with Crippen molar-refractivity contribution in [3.8, 4) is 39.7 Å². The van der Waals surface area contributed by atoms with E-state index in [0.29, 0.717) is 0 Å². The predicted octanol–water partition coefficient (Wildman–Crippen LogP) is 11.3. The van der Waals surface area contributed by atoms with Gasteiger partial charge in [-0.2, -0.15) is 0 Å². The van der Waals surface area contributed by atoms with E-state index in [2.05, 4.69) is 155 Å². The van der Waals surface area contributed by atoms with Crippen molar-refractivity contribution in [3.63, 3.8) is 0 Å². The monoisotopic (exact) mass is 601 g/mol. The van der Waals surface area contributed by atoms with E-state index < -0.39 is 0 Å². The Morgan fingerprint density at radius 1 is 0.500 bits per heavy atom. The van der Waals surface area contributed by atoms with Gasteiger partial charge in [-0.1, -0.05) is 90.1 Å². The molecule has 46 heavy (non-hydrogen) atoms. The highest BCUT2D eigenvalue weighted by atomic mass is 16.5. The lowest BCUT2D eigenvalue weighted by atomic mass is 9.85. The molecule has 4 heteroatoms. The first kappa shape index (κ1) is 29.5. The van der Waals surface area contributed by atoms with Crippen LogP contribution in [-0.4, -0.2) is 14.5 Å². The number of pyridine rings is 2. The Morgan fingerprint density at radius 2 is 1.22 bits per heavy atom. The summed E-state index contributed by atoms with van der Waals surface area (Å²) >= 11 is 0. The number of nitrogens with zero attached hydrogens (tertiary/aromatic N) is 3. The molecular formula is C42H39N3O. The van der Waals surface area contributed by atoms with Crippen LogP contribution in [0.1, 0.15) is 52.7 Å². The molecule has 4 nitrogen and oxygen atoms in total. The summed E-state index contributed by atoms with van der Waals surface area (Å²) in [6, 6.07) is 40.3. The SMILES string of the molecule is CC(C)(C)c1cc(Oc2ccc3c4ccccc4n(-c4cc(C(C)(C)C)ccn4)c3c2)cc(-c2cc(-c3ccccc3)ccn2)c1. The van der Waals surface area contributed by atoms with E-state index in [1.54, 1.807) is 0 Å². The van der Waals surface area contributed by atoms with Crippen LogP contribution in [-0.2, 0) is 10.8 Å². The number of rotatable bonds is 5. The van der Waals surface area contributed by atoms with Gasteiger partial charge in [0.1, 0.15) is 17.3 Å². The average molecular weight is 602 g/mol. The zero-order valence-corrected chi connectivity index (χ0v) is 27.4. The Balaban J connectivity index is 1.34. The normalized spacial score (nSPS) is 12.1. The standard InChI is InChI=1S/C42H39N3O/c1-41(2,3)31-19-21-44-40(26-31)45-38-15-11-10-14-35(38)36-17-16-33(27-39(36)45)46-34-23-30(22-32(25-34)42(4,5)6)37-24-29(18-20-43-37)28-12-8-7-9-13-28/h7-27H,1-6H3. The Morgan fingerprint density at radius 3 is 2.00 bits per heavy atom. The molecule has 0 atom stereocenters. The van der Waals surface area contributed by atoms with Crippen LogP contribution in [0, 0.1) is 0 Å². The lowest BCUT2D eigenvalue weighted by Gasteiger charge is -2.21. The third-order valence-electron chi connectivity index (χ3n) is 8.66. The maximum Gasteiger partial charge on any atom is 0.137 e. The van der Waals surface area contributed by atoms with E-state index in [4.69, 9.17) is 14.7 Å². The van der Waals surface area contributed by atoms with Crippen molar-refractivity contribution in [1.29, 1.82) is 0 Å². The van der Waals surface area contributed by atoms with Crippen molar-refractivity contribution >= 4 is 21.8 Å². The lowest BCUT2D eigenvalue weighted by molar-refractivity contribution is 0.479. The smallest absolute Gasteiger partial charge is 0.137 e. The molecule has 0 aliphatic carbocycles. The topological polar surface area (TPSA) is 39.9 Å². The van der Waals surface area contributed by atoms with Gasteiger partial charge in [0.15, 0.2) is 0 Å². The molecule has 3 aromatic heterocycles. The zero-order chi connectivity index (χ0) is 32.1. The van der Waals surface area contributed by atoms with Gasteiger partial charge in [-0.05, 0) is 93.7 Å².